The third kappa shape index (κ3) is 5.41. The first-order chi connectivity index (χ1) is 19.9. The molecule has 1 fully saturated rings. The smallest absolute Gasteiger partial charge is 0.224 e. The lowest BCUT2D eigenvalue weighted by atomic mass is 10.1. The van der Waals surface area contributed by atoms with Gasteiger partial charge in [0.1, 0.15) is 11.5 Å². The van der Waals surface area contributed by atoms with Crippen molar-refractivity contribution in [2.24, 2.45) is 10.7 Å². The highest BCUT2D eigenvalue weighted by atomic mass is 19.1. The van der Waals surface area contributed by atoms with Gasteiger partial charge >= 0.3 is 0 Å². The van der Waals surface area contributed by atoms with Gasteiger partial charge in [-0.2, -0.15) is 15.1 Å². The van der Waals surface area contributed by atoms with Crippen LogP contribution in [-0.2, 0) is 6.54 Å². The summed E-state index contributed by atoms with van der Waals surface area (Å²) in [6, 6.07) is 6.85. The Balaban J connectivity index is 1.13. The van der Waals surface area contributed by atoms with Gasteiger partial charge in [-0.05, 0) is 32.0 Å². The lowest BCUT2D eigenvalue weighted by Gasteiger charge is -2.36. The summed E-state index contributed by atoms with van der Waals surface area (Å²) >= 11 is 0. The monoisotopic (exact) mass is 556 g/mol. The molecular weight excluding hydrogens is 527 g/mol. The van der Waals surface area contributed by atoms with E-state index in [2.05, 4.69) is 45.0 Å². The van der Waals surface area contributed by atoms with Crippen LogP contribution in [0.4, 0.5) is 21.8 Å². The van der Waals surface area contributed by atoms with Crippen molar-refractivity contribution in [3.8, 4) is 11.3 Å². The maximum atomic E-state index is 14.8. The summed E-state index contributed by atoms with van der Waals surface area (Å²) in [6.07, 6.45) is 4.81. The van der Waals surface area contributed by atoms with Crippen LogP contribution in [0.25, 0.3) is 22.4 Å². The van der Waals surface area contributed by atoms with E-state index in [1.54, 1.807) is 36.3 Å². The van der Waals surface area contributed by atoms with Crippen molar-refractivity contribution in [2.45, 2.75) is 20.4 Å². The molecule has 210 valence electrons. The second kappa shape index (κ2) is 10.9. The fourth-order valence-electron chi connectivity index (χ4n) is 4.89. The van der Waals surface area contributed by atoms with Crippen LogP contribution in [0.5, 0.6) is 0 Å². The zero-order chi connectivity index (χ0) is 28.5. The molecule has 41 heavy (non-hydrogen) atoms. The SMILES string of the molecule is Cc1cc(-c2ccc(F)c(N3CCN(CCn4ncc5c(/N=C(\N)c6nccnc6C)nc(N)nc54)CC3)c2)on1. The van der Waals surface area contributed by atoms with E-state index in [1.165, 1.54) is 6.07 Å². The molecule has 4 aromatic heterocycles. The van der Waals surface area contributed by atoms with Crippen LogP contribution in [-0.4, -0.2) is 78.3 Å². The average Bonchev–Trinajstić information content (AvgIpc) is 3.59. The van der Waals surface area contributed by atoms with Crippen molar-refractivity contribution in [3.05, 3.63) is 65.8 Å². The molecule has 14 heteroatoms. The van der Waals surface area contributed by atoms with Gasteiger partial charge in [0.25, 0.3) is 0 Å². The zero-order valence-corrected chi connectivity index (χ0v) is 22.7. The van der Waals surface area contributed by atoms with Gasteiger partial charge in [-0.15, -0.1) is 0 Å². The predicted octanol–water partition coefficient (Wildman–Crippen LogP) is 2.47. The fourth-order valence-corrected chi connectivity index (χ4v) is 4.89. The van der Waals surface area contributed by atoms with Gasteiger partial charge in [0.2, 0.25) is 5.95 Å². The molecule has 6 rings (SSSR count). The lowest BCUT2D eigenvalue weighted by Crippen LogP contribution is -2.47. The van der Waals surface area contributed by atoms with Crippen LogP contribution in [0.2, 0.25) is 0 Å². The van der Waals surface area contributed by atoms with E-state index in [0.29, 0.717) is 59.3 Å². The maximum absolute atomic E-state index is 14.8. The second-order valence-electron chi connectivity index (χ2n) is 9.83. The molecule has 0 spiro atoms. The third-order valence-electron chi connectivity index (χ3n) is 7.04. The van der Waals surface area contributed by atoms with Crippen molar-refractivity contribution in [1.82, 2.24) is 39.8 Å². The number of hydrogen-bond donors (Lipinski definition) is 2. The number of fused-ring (bicyclic) bond motifs is 1. The Morgan fingerprint density at radius 1 is 1.05 bits per heavy atom. The van der Waals surface area contributed by atoms with Gasteiger partial charge in [0.05, 0.1) is 35.2 Å². The number of nitrogens with zero attached hydrogens (tertiary/aromatic N) is 10. The highest BCUT2D eigenvalue weighted by Gasteiger charge is 2.21. The van der Waals surface area contributed by atoms with Gasteiger partial charge in [-0.25, -0.2) is 19.0 Å². The summed E-state index contributed by atoms with van der Waals surface area (Å²) in [7, 11) is 0. The van der Waals surface area contributed by atoms with Gasteiger partial charge in [-0.3, -0.25) is 9.88 Å². The van der Waals surface area contributed by atoms with E-state index < -0.39 is 0 Å². The number of nitrogens with two attached hydrogens (primary N) is 2. The molecule has 4 N–H and O–H groups in total. The highest BCUT2D eigenvalue weighted by molar-refractivity contribution is 6.00. The molecule has 0 aliphatic carbocycles. The van der Waals surface area contributed by atoms with E-state index in [0.717, 1.165) is 30.9 Å². The molecule has 13 nitrogen and oxygen atoms in total. The van der Waals surface area contributed by atoms with Crippen LogP contribution in [0.3, 0.4) is 0 Å². The Kier molecular flexibility index (Phi) is 6.97. The predicted molar refractivity (Wildman–Crippen MR) is 152 cm³/mol. The number of piperazine rings is 1. The van der Waals surface area contributed by atoms with Gasteiger partial charge in [-0.1, -0.05) is 5.16 Å². The molecule has 1 aliphatic heterocycles. The minimum absolute atomic E-state index is 0.0695. The Morgan fingerprint density at radius 3 is 2.61 bits per heavy atom. The number of halogens is 1. The number of amidine groups is 1. The number of aliphatic imine (C=N–C) groups is 1. The fraction of sp³-hybridized carbons (Fsp3) is 0.296. The topological polar surface area (TPSA) is 166 Å². The lowest BCUT2D eigenvalue weighted by molar-refractivity contribution is 0.245. The number of rotatable bonds is 7. The van der Waals surface area contributed by atoms with Crippen LogP contribution < -0.4 is 16.4 Å². The maximum Gasteiger partial charge on any atom is 0.224 e. The summed E-state index contributed by atoms with van der Waals surface area (Å²) < 4.78 is 21.9. The van der Waals surface area contributed by atoms with E-state index in [4.69, 9.17) is 16.0 Å². The van der Waals surface area contributed by atoms with Crippen LogP contribution >= 0.6 is 0 Å². The normalized spacial score (nSPS) is 14.7. The molecule has 1 aliphatic rings. The van der Waals surface area contributed by atoms with Crippen molar-refractivity contribution >= 4 is 34.3 Å². The molecule has 1 aromatic carbocycles. The minimum atomic E-state index is -0.257. The number of anilines is 2. The first kappa shape index (κ1) is 26.3. The summed E-state index contributed by atoms with van der Waals surface area (Å²) in [5, 5.41) is 9.08. The molecule has 0 saturated carbocycles. The summed E-state index contributed by atoms with van der Waals surface area (Å²) in [4.78, 5) is 26.0. The first-order valence-electron chi connectivity index (χ1n) is 13.2. The Hall–Kier alpha value is -4.98. The average molecular weight is 557 g/mol. The Bertz CT molecular complexity index is 1740. The molecule has 5 heterocycles. The standard InChI is InChI=1S/C27H29FN12O/c1-16-13-22(41-37-16)18-3-4-20(28)21(14-18)39-10-7-38(8-11-39)9-12-40-26-19(15-33-40)25(35-27(30)36-26)34-24(29)23-17(2)31-5-6-32-23/h3-6,13-15H,7-12H2,1-2H3,(H4,29,30,34,35,36). The summed E-state index contributed by atoms with van der Waals surface area (Å²) in [5.74, 6) is 0.934. The molecule has 0 atom stereocenters. The quantitative estimate of drug-likeness (QED) is 0.223. The summed E-state index contributed by atoms with van der Waals surface area (Å²) in [5.41, 5.74) is 16.1. The van der Waals surface area contributed by atoms with E-state index in [9.17, 15) is 4.39 Å². The Labute approximate surface area is 234 Å². The van der Waals surface area contributed by atoms with Crippen molar-refractivity contribution in [1.29, 1.82) is 0 Å². The number of hydrogen-bond acceptors (Lipinski definition) is 11. The van der Waals surface area contributed by atoms with Gasteiger partial charge in [0, 0.05) is 56.7 Å². The van der Waals surface area contributed by atoms with E-state index >= 15 is 0 Å². The molecule has 0 bridgehead atoms. The Morgan fingerprint density at radius 2 is 1.85 bits per heavy atom. The van der Waals surface area contributed by atoms with Gasteiger partial charge in [0.15, 0.2) is 23.1 Å². The van der Waals surface area contributed by atoms with Crippen LogP contribution in [0.1, 0.15) is 17.1 Å². The van der Waals surface area contributed by atoms with E-state index in [1.807, 2.05) is 19.1 Å². The molecule has 5 aromatic rings. The molecular formula is C27H29FN12O. The third-order valence-corrected chi connectivity index (χ3v) is 7.04. The van der Waals surface area contributed by atoms with Crippen molar-refractivity contribution in [2.75, 3.05) is 43.4 Å². The van der Waals surface area contributed by atoms with Crippen LogP contribution in [0, 0.1) is 19.7 Å². The van der Waals surface area contributed by atoms with Crippen molar-refractivity contribution < 1.29 is 8.91 Å². The number of benzene rings is 1. The zero-order valence-electron chi connectivity index (χ0n) is 22.7. The first-order valence-corrected chi connectivity index (χ1v) is 13.2. The highest BCUT2D eigenvalue weighted by Crippen LogP contribution is 2.29. The van der Waals surface area contributed by atoms with Crippen molar-refractivity contribution in [3.63, 3.8) is 0 Å². The van der Waals surface area contributed by atoms with Crippen LogP contribution in [0.15, 0.2) is 52.4 Å². The molecule has 1 saturated heterocycles. The van der Waals surface area contributed by atoms with Gasteiger partial charge < -0.3 is 20.9 Å². The number of nitrogen functional groups attached to an aromatic ring is 1. The molecule has 0 amide bonds. The summed E-state index contributed by atoms with van der Waals surface area (Å²) in [6.45, 7) is 7.88. The largest absolute Gasteiger partial charge is 0.382 e. The van der Waals surface area contributed by atoms with E-state index in [-0.39, 0.29) is 17.6 Å². The number of aryl methyl sites for hydroxylation is 2. The number of aromatic nitrogens is 7. The second-order valence-corrected chi connectivity index (χ2v) is 9.83. The minimum Gasteiger partial charge on any atom is -0.382 e. The molecule has 0 radical (unpaired) electrons. The molecule has 0 unspecified atom stereocenters.